The van der Waals surface area contributed by atoms with Crippen molar-refractivity contribution in [3.63, 3.8) is 0 Å². The van der Waals surface area contributed by atoms with Crippen LogP contribution in [-0.4, -0.2) is 22.5 Å². The predicted octanol–water partition coefficient (Wildman–Crippen LogP) is 4.05. The summed E-state index contributed by atoms with van der Waals surface area (Å²) >= 11 is 3.24. The molecule has 0 fully saturated rings. The van der Waals surface area contributed by atoms with Crippen LogP contribution in [0.1, 0.15) is 54.3 Å². The first-order valence-corrected chi connectivity index (χ1v) is 8.87. The van der Waals surface area contributed by atoms with Crippen LogP contribution in [-0.2, 0) is 0 Å². The summed E-state index contributed by atoms with van der Waals surface area (Å²) in [7, 11) is 0. The molecule has 16 heavy (non-hydrogen) atoms. The van der Waals surface area contributed by atoms with Crippen LogP contribution in [0.15, 0.2) is 17.5 Å². The van der Waals surface area contributed by atoms with Crippen molar-refractivity contribution in [3.05, 3.63) is 22.4 Å². The molecule has 0 amide bonds. The normalized spacial score (nSPS) is 11.9. The van der Waals surface area contributed by atoms with Crippen LogP contribution < -0.4 is 0 Å². The van der Waals surface area contributed by atoms with Crippen LogP contribution in [0.3, 0.4) is 0 Å². The van der Waals surface area contributed by atoms with Crippen molar-refractivity contribution in [2.24, 2.45) is 0 Å². The molecule has 0 aliphatic carbocycles. The van der Waals surface area contributed by atoms with E-state index in [0.717, 1.165) is 16.8 Å². The summed E-state index contributed by atoms with van der Waals surface area (Å²) in [4.78, 5) is 1.57. The molecular formula is C14H20SSn. The molecule has 0 saturated carbocycles. The second kappa shape index (κ2) is 9.13. The Morgan fingerprint density at radius 2 is 2.06 bits per heavy atom. The fraction of sp³-hybridized carbons (Fsp3) is 0.571. The molecule has 1 unspecified atom stereocenters. The summed E-state index contributed by atoms with van der Waals surface area (Å²) in [5, 5.41) is 2.18. The number of thiophene rings is 1. The Kier molecular flexibility index (Phi) is 8.05. The topological polar surface area (TPSA) is 0 Å². The molecular weight excluding hydrogens is 319 g/mol. The molecule has 2 heteroatoms. The summed E-state index contributed by atoms with van der Waals surface area (Å²) in [5.41, 5.74) is 0. The zero-order valence-corrected chi connectivity index (χ0v) is 14.1. The summed E-state index contributed by atoms with van der Waals surface area (Å²) in [6, 6.07) is 4.43. The molecule has 0 N–H and O–H groups in total. The minimum absolute atomic E-state index is 0.836. The van der Waals surface area contributed by atoms with Gasteiger partial charge in [0.2, 0.25) is 0 Å². The van der Waals surface area contributed by atoms with Crippen molar-refractivity contribution in [3.8, 4) is 11.8 Å². The van der Waals surface area contributed by atoms with Gasteiger partial charge in [-0.25, -0.2) is 0 Å². The van der Waals surface area contributed by atoms with Gasteiger partial charge in [0, 0.05) is 0 Å². The summed E-state index contributed by atoms with van der Waals surface area (Å²) in [6.07, 6.45) is 7.28. The van der Waals surface area contributed by atoms with E-state index in [9.17, 15) is 0 Å². The van der Waals surface area contributed by atoms with Crippen molar-refractivity contribution in [1.29, 1.82) is 0 Å². The van der Waals surface area contributed by atoms with Gasteiger partial charge >= 0.3 is 117 Å². The van der Waals surface area contributed by atoms with Gasteiger partial charge in [-0.05, 0) is 0 Å². The standard InChI is InChI=1S/C14H19S.Sn.H/c1-2-3-4-5-6-7-8-9-11-14-12-10-13-15-14;;/h10-13H,2-4,7-9H2,1H3;;. The van der Waals surface area contributed by atoms with Crippen LogP contribution in [0.2, 0.25) is 0 Å². The van der Waals surface area contributed by atoms with Crippen molar-refractivity contribution in [2.45, 2.75) is 49.4 Å². The van der Waals surface area contributed by atoms with Gasteiger partial charge in [0.1, 0.15) is 0 Å². The minimum atomic E-state index is 0.836. The Labute approximate surface area is 117 Å². The van der Waals surface area contributed by atoms with Gasteiger partial charge in [-0.3, -0.25) is 0 Å². The fourth-order valence-electron chi connectivity index (χ4n) is 1.50. The van der Waals surface area contributed by atoms with E-state index >= 15 is 0 Å². The van der Waals surface area contributed by atoms with Gasteiger partial charge in [-0.2, -0.15) is 0 Å². The summed E-state index contributed by atoms with van der Waals surface area (Å²) < 4.78 is 0.836. The van der Waals surface area contributed by atoms with E-state index in [2.05, 4.69) is 36.3 Å². The molecule has 86 valence electrons. The van der Waals surface area contributed by atoms with Gasteiger partial charge in [0.15, 0.2) is 0 Å². The molecule has 0 aliphatic heterocycles. The van der Waals surface area contributed by atoms with E-state index in [1.54, 1.807) is 4.88 Å². The van der Waals surface area contributed by atoms with E-state index in [1.807, 2.05) is 11.3 Å². The molecule has 1 rings (SSSR count). The molecule has 0 aliphatic rings. The third kappa shape index (κ3) is 5.96. The number of unbranched alkanes of at least 4 members (excludes halogenated alkanes) is 3. The van der Waals surface area contributed by atoms with Crippen LogP contribution >= 0.6 is 11.3 Å². The predicted molar refractivity (Wildman–Crippen MR) is 75.4 cm³/mol. The van der Waals surface area contributed by atoms with Crippen LogP contribution in [0.5, 0.6) is 0 Å². The first kappa shape index (κ1) is 14.1. The molecule has 1 heterocycles. The molecule has 2 radical (unpaired) electrons. The van der Waals surface area contributed by atoms with Gasteiger partial charge in [0.05, 0.1) is 0 Å². The summed E-state index contributed by atoms with van der Waals surface area (Å²) in [6.45, 7) is 2.22. The Morgan fingerprint density at radius 1 is 1.31 bits per heavy atom. The summed E-state index contributed by atoms with van der Waals surface area (Å²) in [5.74, 6) is 6.55. The first-order valence-electron chi connectivity index (χ1n) is 6.09. The Morgan fingerprint density at radius 3 is 2.69 bits per heavy atom. The Balaban J connectivity index is 2.08. The average molecular weight is 339 g/mol. The van der Waals surface area contributed by atoms with Crippen LogP contribution in [0.4, 0.5) is 0 Å². The van der Waals surface area contributed by atoms with E-state index in [-0.39, 0.29) is 0 Å². The number of hydrogen-bond acceptors (Lipinski definition) is 1. The van der Waals surface area contributed by atoms with Gasteiger partial charge in [-0.15, -0.1) is 0 Å². The van der Waals surface area contributed by atoms with Gasteiger partial charge in [-0.1, -0.05) is 0 Å². The van der Waals surface area contributed by atoms with E-state index < -0.39 is 0 Å². The fourth-order valence-corrected chi connectivity index (χ4v) is 3.92. The maximum absolute atomic E-state index is 3.29. The molecule has 1 aromatic rings. The first-order chi connectivity index (χ1) is 7.84. The van der Waals surface area contributed by atoms with Crippen molar-refractivity contribution in [2.75, 3.05) is 0 Å². The second-order valence-electron chi connectivity index (χ2n) is 3.97. The number of hydrogen-bond donors (Lipinski definition) is 0. The third-order valence-electron chi connectivity index (χ3n) is 2.51. The van der Waals surface area contributed by atoms with Gasteiger partial charge in [0.25, 0.3) is 0 Å². The van der Waals surface area contributed by atoms with E-state index in [0.29, 0.717) is 0 Å². The Hall–Kier alpha value is 0.0587. The molecule has 0 nitrogen and oxygen atoms in total. The molecule has 0 saturated heterocycles. The molecule has 0 aromatic carbocycles. The molecule has 1 atom stereocenters. The molecule has 0 bridgehead atoms. The third-order valence-corrected chi connectivity index (χ3v) is 6.18. The zero-order valence-electron chi connectivity index (χ0n) is 10.0. The van der Waals surface area contributed by atoms with Crippen LogP contribution in [0.25, 0.3) is 0 Å². The number of rotatable bonds is 6. The van der Waals surface area contributed by atoms with Crippen molar-refractivity contribution in [1.82, 2.24) is 0 Å². The maximum atomic E-state index is 3.29. The van der Waals surface area contributed by atoms with Crippen molar-refractivity contribution >= 4 is 33.9 Å². The quantitative estimate of drug-likeness (QED) is 0.417. The van der Waals surface area contributed by atoms with Gasteiger partial charge < -0.3 is 0 Å². The second-order valence-corrected chi connectivity index (χ2v) is 7.25. The van der Waals surface area contributed by atoms with Crippen molar-refractivity contribution < 1.29 is 0 Å². The van der Waals surface area contributed by atoms with Crippen LogP contribution in [0, 0.1) is 11.8 Å². The monoisotopic (exact) mass is 340 g/mol. The van der Waals surface area contributed by atoms with E-state index in [4.69, 9.17) is 0 Å². The molecule has 0 spiro atoms. The van der Waals surface area contributed by atoms with E-state index in [1.165, 1.54) is 48.2 Å². The SMILES string of the molecule is CCCCC#CCCC[CH]([SnH])c1cccs1. The Bertz CT molecular complexity index is 318. The molecule has 1 aromatic heterocycles. The zero-order chi connectivity index (χ0) is 11.6. The average Bonchev–Trinajstić information content (AvgIpc) is 2.81.